The van der Waals surface area contributed by atoms with Gasteiger partial charge in [-0.2, -0.15) is 0 Å². The average Bonchev–Trinajstić information content (AvgIpc) is 1.59. The summed E-state index contributed by atoms with van der Waals surface area (Å²) in [5.41, 5.74) is 32.8. The van der Waals surface area contributed by atoms with Gasteiger partial charge in [0.15, 0.2) is 5.82 Å². The first-order valence-corrected chi connectivity index (χ1v) is 33.9. The van der Waals surface area contributed by atoms with Gasteiger partial charge in [-0.3, -0.25) is 0 Å². The molecule has 0 N–H and O–H groups in total. The molecular weight excluding hydrogens is 1180 g/mol. The van der Waals surface area contributed by atoms with Crippen LogP contribution in [0.3, 0.4) is 0 Å². The van der Waals surface area contributed by atoms with Gasteiger partial charge in [0.2, 0.25) is 0 Å². The van der Waals surface area contributed by atoms with Crippen molar-refractivity contribution >= 4 is 76.2 Å². The summed E-state index contributed by atoms with van der Waals surface area (Å²) in [6.45, 7) is 9.49. The lowest BCUT2D eigenvalue weighted by Gasteiger charge is -2.22. The third-order valence-electron chi connectivity index (χ3n) is 22.2. The topological polar surface area (TPSA) is 40.6 Å². The number of rotatable bonds is 7. The van der Waals surface area contributed by atoms with Gasteiger partial charge in [-0.05, 0) is 168 Å². The van der Waals surface area contributed by atoms with E-state index in [0.717, 1.165) is 72.6 Å². The van der Waals surface area contributed by atoms with Crippen molar-refractivity contribution < 1.29 is 0 Å². The molecule has 0 unspecified atom stereocenters. The molecule has 454 valence electrons. The highest BCUT2D eigenvalue weighted by molar-refractivity contribution is 6.18. The number of nitrogens with zero attached hydrogens (tertiary/aromatic N) is 5. The molecule has 0 saturated heterocycles. The van der Waals surface area contributed by atoms with Crippen LogP contribution in [0.2, 0.25) is 0 Å². The summed E-state index contributed by atoms with van der Waals surface area (Å²) in [7, 11) is 0. The van der Waals surface area contributed by atoms with Crippen LogP contribution >= 0.6 is 0 Å². The fraction of sp³-hybridized carbons (Fsp3) is 0.0652. The van der Waals surface area contributed by atoms with Gasteiger partial charge in [0.05, 0.1) is 44.5 Å². The van der Waals surface area contributed by atoms with Crippen molar-refractivity contribution in [1.29, 1.82) is 0 Å². The second kappa shape index (κ2) is 19.7. The molecule has 97 heavy (non-hydrogen) atoms. The van der Waals surface area contributed by atoms with Crippen molar-refractivity contribution in [2.75, 3.05) is 0 Å². The average molecular weight is 1240 g/mol. The van der Waals surface area contributed by atoms with Crippen LogP contribution < -0.4 is 0 Å². The molecule has 0 bridgehead atoms. The smallest absolute Gasteiger partial charge is 0.160 e. The SMILES string of the molecule is CC1(C)c2ccccc2-c2ccc(-n3c4ccccc4c4ccc(-c5ccc6c(c5)c5cc(-c7ccc8c9ccccc9n(-c9ccc%10c(c9)C(C)(C)c9ccccc9-%10)c8c7)ccc5n6-c5cccc(-c6nc(-c7ccccc7)nc7c6-c6cccc8cccc-7c68)c5)cc43)cc21. The van der Waals surface area contributed by atoms with Crippen molar-refractivity contribution in [2.45, 2.75) is 38.5 Å². The third kappa shape index (κ3) is 7.59. The van der Waals surface area contributed by atoms with E-state index < -0.39 is 0 Å². The molecule has 0 amide bonds. The maximum Gasteiger partial charge on any atom is 0.160 e. The lowest BCUT2D eigenvalue weighted by atomic mass is 9.82. The Morgan fingerprint density at radius 1 is 0.247 bits per heavy atom. The predicted octanol–water partition coefficient (Wildman–Crippen LogP) is 23.8. The Morgan fingerprint density at radius 2 is 0.670 bits per heavy atom. The summed E-state index contributed by atoms with van der Waals surface area (Å²) in [5, 5.41) is 9.73. The maximum absolute atomic E-state index is 5.55. The van der Waals surface area contributed by atoms with E-state index in [0.29, 0.717) is 5.82 Å². The zero-order valence-corrected chi connectivity index (χ0v) is 54.0. The van der Waals surface area contributed by atoms with Gasteiger partial charge in [-0.15, -0.1) is 0 Å². The minimum absolute atomic E-state index is 0.133. The molecule has 0 aliphatic heterocycles. The van der Waals surface area contributed by atoms with Gasteiger partial charge >= 0.3 is 0 Å². The Kier molecular flexibility index (Phi) is 11.0. The van der Waals surface area contributed by atoms with Gasteiger partial charge in [-0.25, -0.2) is 9.97 Å². The number of aromatic nitrogens is 5. The first-order chi connectivity index (χ1) is 47.6. The maximum atomic E-state index is 5.55. The van der Waals surface area contributed by atoms with Crippen LogP contribution in [0.4, 0.5) is 0 Å². The second-order valence-electron chi connectivity index (χ2n) is 28.0. The van der Waals surface area contributed by atoms with Crippen LogP contribution in [0.1, 0.15) is 49.9 Å². The van der Waals surface area contributed by atoms with Crippen LogP contribution in [0.15, 0.2) is 297 Å². The molecule has 4 aromatic heterocycles. The molecule has 5 nitrogen and oxygen atoms in total. The lowest BCUT2D eigenvalue weighted by Crippen LogP contribution is -2.15. The van der Waals surface area contributed by atoms with E-state index >= 15 is 0 Å². The summed E-state index contributed by atoms with van der Waals surface area (Å²) >= 11 is 0. The van der Waals surface area contributed by atoms with E-state index in [-0.39, 0.29) is 10.8 Å². The van der Waals surface area contributed by atoms with Crippen molar-refractivity contribution in [2.24, 2.45) is 0 Å². The Hall–Kier alpha value is -12.2. The largest absolute Gasteiger partial charge is 0.309 e. The fourth-order valence-electron chi connectivity index (χ4n) is 17.6. The highest BCUT2D eigenvalue weighted by atomic mass is 15.0. The first kappa shape index (κ1) is 54.2. The highest BCUT2D eigenvalue weighted by Crippen LogP contribution is 2.54. The number of fused-ring (bicyclic) bond motifs is 18. The van der Waals surface area contributed by atoms with E-state index in [2.05, 4.69) is 339 Å². The zero-order valence-electron chi connectivity index (χ0n) is 54.0. The zero-order chi connectivity index (χ0) is 64.2. The number of hydrogen-bond acceptors (Lipinski definition) is 2. The van der Waals surface area contributed by atoms with E-state index in [9.17, 15) is 0 Å². The number of benzene rings is 14. The number of para-hydroxylation sites is 2. The normalized spacial score (nSPS) is 13.7. The molecule has 0 spiro atoms. The van der Waals surface area contributed by atoms with E-state index in [1.807, 2.05) is 0 Å². The van der Waals surface area contributed by atoms with Gasteiger partial charge < -0.3 is 13.7 Å². The fourth-order valence-corrected chi connectivity index (χ4v) is 17.6. The van der Waals surface area contributed by atoms with E-state index in [4.69, 9.17) is 9.97 Å². The minimum Gasteiger partial charge on any atom is -0.309 e. The summed E-state index contributed by atoms with van der Waals surface area (Å²) in [6, 6.07) is 111. The monoisotopic (exact) mass is 1240 g/mol. The molecule has 0 atom stereocenters. The van der Waals surface area contributed by atoms with Crippen LogP contribution in [0, 0.1) is 0 Å². The summed E-state index contributed by atoms with van der Waals surface area (Å²) in [6.07, 6.45) is 0. The van der Waals surface area contributed by atoms with Crippen LogP contribution in [-0.4, -0.2) is 23.7 Å². The van der Waals surface area contributed by atoms with E-state index in [1.54, 1.807) is 0 Å². The molecule has 5 heteroatoms. The van der Waals surface area contributed by atoms with Gasteiger partial charge in [-0.1, -0.05) is 240 Å². The first-order valence-electron chi connectivity index (χ1n) is 33.9. The van der Waals surface area contributed by atoms with Crippen LogP contribution in [0.5, 0.6) is 0 Å². The molecule has 4 heterocycles. The molecular formula is C92H61N5. The minimum atomic E-state index is -0.133. The highest BCUT2D eigenvalue weighted by Gasteiger charge is 2.38. The Bertz CT molecular complexity index is 6220. The molecule has 0 fully saturated rings. The van der Waals surface area contributed by atoms with Crippen molar-refractivity contribution in [1.82, 2.24) is 23.7 Å². The molecule has 0 radical (unpaired) electrons. The quantitative estimate of drug-likeness (QED) is 0.160. The Balaban J connectivity index is 0.762. The Morgan fingerprint density at radius 3 is 1.26 bits per heavy atom. The van der Waals surface area contributed by atoms with E-state index in [1.165, 1.54) is 127 Å². The summed E-state index contributed by atoms with van der Waals surface area (Å²) in [4.78, 5) is 10.9. The van der Waals surface area contributed by atoms with Gasteiger partial charge in [0, 0.05) is 82.5 Å². The molecule has 3 aliphatic carbocycles. The molecule has 14 aromatic carbocycles. The molecule has 0 saturated carbocycles. The van der Waals surface area contributed by atoms with Crippen LogP contribution in [-0.2, 0) is 10.8 Å². The number of hydrogen-bond donors (Lipinski definition) is 0. The van der Waals surface area contributed by atoms with Gasteiger partial charge in [0.25, 0.3) is 0 Å². The van der Waals surface area contributed by atoms with Crippen molar-refractivity contribution in [3.8, 4) is 107 Å². The Labute approximate surface area is 561 Å². The molecule has 21 rings (SSSR count). The predicted molar refractivity (Wildman–Crippen MR) is 404 cm³/mol. The van der Waals surface area contributed by atoms with Gasteiger partial charge in [0.1, 0.15) is 0 Å². The summed E-state index contributed by atoms with van der Waals surface area (Å²) in [5.74, 6) is 0.711. The standard InChI is InChI=1S/C92H61N5/c1-91(2)76-31-12-8-25-64(76)66-43-39-62(52-78(66)91)96-80-33-14-10-27-68(80)70-41-35-58(50-84(70)96)56-37-45-82-74(48-56)75-49-57(59-36-42-71-69-28-11-15-34-81(69)97(85(71)51-59)63-40-44-67-65-26-9-13-32-77(65)92(3,4)79(67)53-63)38-46-83(75)95(82)61-24-16-23-60(47-61)88-87-72-29-17-21-54-22-18-30-73(86(54)72)89(87)94-90(93-88)55-19-6-5-7-20-55/h5-53H,1-4H3. The van der Waals surface area contributed by atoms with Crippen LogP contribution in [0.25, 0.3) is 183 Å². The third-order valence-corrected chi connectivity index (χ3v) is 22.2. The second-order valence-corrected chi connectivity index (χ2v) is 28.0. The molecule has 3 aliphatic rings. The molecule has 18 aromatic rings. The lowest BCUT2D eigenvalue weighted by molar-refractivity contribution is 0.660. The summed E-state index contributed by atoms with van der Waals surface area (Å²) < 4.78 is 7.46. The van der Waals surface area contributed by atoms with Crippen molar-refractivity contribution in [3.05, 3.63) is 320 Å². The van der Waals surface area contributed by atoms with Crippen molar-refractivity contribution in [3.63, 3.8) is 0 Å².